The molecule has 8 heteroatoms. The average Bonchev–Trinajstić information content (AvgIpc) is 3.20. The van der Waals surface area contributed by atoms with E-state index in [0.717, 1.165) is 43.9 Å². The molecule has 1 aliphatic heterocycles. The minimum absolute atomic E-state index is 0.0188. The van der Waals surface area contributed by atoms with Gasteiger partial charge in [-0.3, -0.25) is 25.0 Å². The van der Waals surface area contributed by atoms with Crippen LogP contribution in [-0.4, -0.2) is 32.7 Å². The van der Waals surface area contributed by atoms with Crippen LogP contribution < -0.4 is 0 Å². The Morgan fingerprint density at radius 1 is 1.00 bits per heavy atom. The molecule has 1 aromatic carbocycles. The van der Waals surface area contributed by atoms with Gasteiger partial charge in [-0.2, -0.15) is 0 Å². The Hall–Kier alpha value is -2.51. The molecule has 2 atom stereocenters. The van der Waals surface area contributed by atoms with Crippen LogP contribution in [0.15, 0.2) is 18.2 Å². The minimum atomic E-state index is -0.723. The first-order chi connectivity index (χ1) is 9.99. The fourth-order valence-corrected chi connectivity index (χ4v) is 3.08. The summed E-state index contributed by atoms with van der Waals surface area (Å²) in [4.78, 5) is 34.3. The summed E-state index contributed by atoms with van der Waals surface area (Å²) in [7, 11) is 0. The predicted octanol–water partition coefficient (Wildman–Crippen LogP) is 2.27. The molecule has 0 bridgehead atoms. The highest BCUT2D eigenvalue weighted by molar-refractivity contribution is 5.97. The van der Waals surface area contributed by atoms with Crippen LogP contribution in [0, 0.1) is 20.2 Å². The molecule has 1 heterocycles. The number of nitro benzene ring substituents is 2. The third-order valence-electron chi connectivity index (χ3n) is 4.12. The first kappa shape index (κ1) is 13.5. The number of hydrogen-bond donors (Lipinski definition) is 0. The molecule has 0 spiro atoms. The Bertz CT molecular complexity index is 600. The number of benzene rings is 1. The quantitative estimate of drug-likeness (QED) is 0.482. The summed E-state index contributed by atoms with van der Waals surface area (Å²) in [5, 5.41) is 21.7. The average molecular weight is 291 g/mol. The number of nitro groups is 2. The molecule has 21 heavy (non-hydrogen) atoms. The van der Waals surface area contributed by atoms with Gasteiger partial charge in [0.15, 0.2) is 0 Å². The van der Waals surface area contributed by atoms with E-state index in [-0.39, 0.29) is 23.6 Å². The highest BCUT2D eigenvalue weighted by Gasteiger charge is 2.51. The van der Waals surface area contributed by atoms with Gasteiger partial charge in [0.05, 0.1) is 33.6 Å². The molecule has 8 nitrogen and oxygen atoms in total. The maximum absolute atomic E-state index is 12.4. The molecule has 2 fully saturated rings. The van der Waals surface area contributed by atoms with Gasteiger partial charge in [0, 0.05) is 12.1 Å². The Kier molecular flexibility index (Phi) is 3.08. The molecular formula is C13H13N3O5. The highest BCUT2D eigenvalue weighted by atomic mass is 16.6. The van der Waals surface area contributed by atoms with Crippen molar-refractivity contribution in [2.45, 2.75) is 37.8 Å². The first-order valence-electron chi connectivity index (χ1n) is 6.75. The molecule has 2 aliphatic rings. The number of nitrogens with zero attached hydrogens (tertiary/aromatic N) is 3. The lowest BCUT2D eigenvalue weighted by Gasteiger charge is -2.04. The standard InChI is InChI=1S/C13H13N3O5/c17-13(14-11-3-1-2-4-12(11)14)8-5-9(15(18)19)7-10(6-8)16(20)21/h5-7,11-12H,1-4H2/t11-,12+,14?. The Balaban J connectivity index is 1.92. The Morgan fingerprint density at radius 2 is 1.48 bits per heavy atom. The number of carbonyl (C=O) groups is 1. The monoisotopic (exact) mass is 291 g/mol. The van der Waals surface area contributed by atoms with Crippen LogP contribution in [0.1, 0.15) is 36.0 Å². The van der Waals surface area contributed by atoms with Crippen LogP contribution in [0.4, 0.5) is 11.4 Å². The second-order valence-electron chi connectivity index (χ2n) is 5.38. The predicted molar refractivity (Wildman–Crippen MR) is 72.0 cm³/mol. The molecule has 1 saturated carbocycles. The molecular weight excluding hydrogens is 278 g/mol. The number of rotatable bonds is 3. The van der Waals surface area contributed by atoms with Gasteiger partial charge in [-0.05, 0) is 12.8 Å². The lowest BCUT2D eigenvalue weighted by Crippen LogP contribution is -2.15. The van der Waals surface area contributed by atoms with Gasteiger partial charge < -0.3 is 4.90 Å². The molecule has 0 radical (unpaired) electrons. The van der Waals surface area contributed by atoms with E-state index in [2.05, 4.69) is 0 Å². The van der Waals surface area contributed by atoms with Crippen molar-refractivity contribution in [3.8, 4) is 0 Å². The van der Waals surface area contributed by atoms with E-state index in [4.69, 9.17) is 0 Å². The molecule has 1 saturated heterocycles. The van der Waals surface area contributed by atoms with Crippen LogP contribution in [-0.2, 0) is 0 Å². The summed E-state index contributed by atoms with van der Waals surface area (Å²) >= 11 is 0. The summed E-state index contributed by atoms with van der Waals surface area (Å²) in [5.74, 6) is -0.348. The van der Waals surface area contributed by atoms with E-state index in [1.807, 2.05) is 0 Å². The summed E-state index contributed by atoms with van der Waals surface area (Å²) in [6, 6.07) is 3.49. The fourth-order valence-electron chi connectivity index (χ4n) is 3.08. The first-order valence-corrected chi connectivity index (χ1v) is 6.75. The molecule has 0 N–H and O–H groups in total. The van der Waals surface area contributed by atoms with Crippen LogP contribution in [0.2, 0.25) is 0 Å². The molecule has 1 aromatic rings. The highest BCUT2D eigenvalue weighted by Crippen LogP contribution is 2.41. The van der Waals surface area contributed by atoms with Crippen molar-refractivity contribution in [3.05, 3.63) is 44.0 Å². The molecule has 1 aliphatic carbocycles. The third kappa shape index (κ3) is 2.32. The zero-order valence-corrected chi connectivity index (χ0v) is 11.1. The van der Waals surface area contributed by atoms with Gasteiger partial charge in [-0.15, -0.1) is 0 Å². The number of non-ortho nitro benzene ring substituents is 2. The van der Waals surface area contributed by atoms with E-state index < -0.39 is 21.2 Å². The number of fused-ring (bicyclic) bond motifs is 1. The Labute approximate surface area is 119 Å². The second-order valence-corrected chi connectivity index (χ2v) is 5.38. The fraction of sp³-hybridized carbons (Fsp3) is 0.462. The van der Waals surface area contributed by atoms with Gasteiger partial charge in [-0.1, -0.05) is 12.8 Å². The van der Waals surface area contributed by atoms with E-state index >= 15 is 0 Å². The van der Waals surface area contributed by atoms with Gasteiger partial charge >= 0.3 is 0 Å². The molecule has 0 aromatic heterocycles. The molecule has 0 unspecified atom stereocenters. The van der Waals surface area contributed by atoms with Gasteiger partial charge in [0.2, 0.25) is 0 Å². The largest absolute Gasteiger partial charge is 0.329 e. The zero-order chi connectivity index (χ0) is 15.1. The lowest BCUT2D eigenvalue weighted by molar-refractivity contribution is -0.394. The number of likely N-dealkylation sites (tertiary alicyclic amines) is 1. The number of carbonyl (C=O) groups excluding carboxylic acids is 1. The molecule has 110 valence electrons. The van der Waals surface area contributed by atoms with Gasteiger partial charge in [-0.25, -0.2) is 0 Å². The lowest BCUT2D eigenvalue weighted by atomic mass is 10.0. The van der Waals surface area contributed by atoms with Crippen LogP contribution in [0.5, 0.6) is 0 Å². The van der Waals surface area contributed by atoms with E-state index in [1.54, 1.807) is 4.90 Å². The van der Waals surface area contributed by atoms with Crippen molar-refractivity contribution in [3.63, 3.8) is 0 Å². The van der Waals surface area contributed by atoms with Crippen molar-refractivity contribution in [1.29, 1.82) is 0 Å². The van der Waals surface area contributed by atoms with Crippen molar-refractivity contribution >= 4 is 17.3 Å². The smallest absolute Gasteiger partial charge is 0.277 e. The maximum atomic E-state index is 12.4. The van der Waals surface area contributed by atoms with Gasteiger partial charge in [0.1, 0.15) is 0 Å². The summed E-state index contributed by atoms with van der Waals surface area (Å²) in [6.45, 7) is 0. The summed E-state index contributed by atoms with van der Waals surface area (Å²) < 4.78 is 0. The molecule has 1 amide bonds. The minimum Gasteiger partial charge on any atom is -0.329 e. The van der Waals surface area contributed by atoms with Crippen molar-refractivity contribution < 1.29 is 14.6 Å². The van der Waals surface area contributed by atoms with E-state index in [9.17, 15) is 25.0 Å². The van der Waals surface area contributed by atoms with Crippen molar-refractivity contribution in [2.24, 2.45) is 0 Å². The van der Waals surface area contributed by atoms with Crippen LogP contribution in [0.3, 0.4) is 0 Å². The Morgan fingerprint density at radius 3 is 1.90 bits per heavy atom. The van der Waals surface area contributed by atoms with Crippen LogP contribution >= 0.6 is 0 Å². The van der Waals surface area contributed by atoms with Gasteiger partial charge in [0.25, 0.3) is 17.3 Å². The second kappa shape index (κ2) is 4.80. The van der Waals surface area contributed by atoms with E-state index in [1.165, 1.54) is 0 Å². The normalized spacial score (nSPS) is 23.3. The van der Waals surface area contributed by atoms with Crippen LogP contribution in [0.25, 0.3) is 0 Å². The summed E-state index contributed by atoms with van der Waals surface area (Å²) in [5.41, 5.74) is -0.847. The van der Waals surface area contributed by atoms with Crippen molar-refractivity contribution in [1.82, 2.24) is 4.90 Å². The summed E-state index contributed by atoms with van der Waals surface area (Å²) in [6.07, 6.45) is 4.01. The number of hydrogen-bond acceptors (Lipinski definition) is 5. The zero-order valence-electron chi connectivity index (χ0n) is 11.1. The molecule has 3 rings (SSSR count). The topological polar surface area (TPSA) is 106 Å². The van der Waals surface area contributed by atoms with E-state index in [0.29, 0.717) is 0 Å². The maximum Gasteiger partial charge on any atom is 0.277 e. The third-order valence-corrected chi connectivity index (χ3v) is 4.12. The number of amides is 1. The van der Waals surface area contributed by atoms with Crippen molar-refractivity contribution in [2.75, 3.05) is 0 Å². The SMILES string of the molecule is O=C(c1cc([N+](=O)[O-])cc([N+](=O)[O-])c1)N1[C@@H]2CCCC[C@@H]21.